The normalized spacial score (nSPS) is 15.6. The van der Waals surface area contributed by atoms with E-state index in [-0.39, 0.29) is 17.4 Å². The standard InChI is InChI=1S/C11H8ClF2N3O2S/c12-20(18,19)11-16-15-10(17(11)7-2-3-7)8-5-6(13)1-4-9(8)14/h1,4-5,7H,2-3H2. The van der Waals surface area contributed by atoms with Gasteiger partial charge in [0.15, 0.2) is 5.82 Å². The molecule has 0 aliphatic heterocycles. The van der Waals surface area contributed by atoms with Crippen LogP contribution in [0.15, 0.2) is 23.4 Å². The lowest BCUT2D eigenvalue weighted by molar-refractivity contribution is 0.576. The maximum atomic E-state index is 13.8. The van der Waals surface area contributed by atoms with Gasteiger partial charge in [-0.3, -0.25) is 4.57 Å². The maximum absolute atomic E-state index is 13.8. The van der Waals surface area contributed by atoms with Crippen LogP contribution in [0.3, 0.4) is 0 Å². The van der Waals surface area contributed by atoms with Crippen molar-refractivity contribution in [1.29, 1.82) is 0 Å². The molecular formula is C11H8ClF2N3O2S. The molecule has 106 valence electrons. The molecule has 9 heteroatoms. The quantitative estimate of drug-likeness (QED) is 0.815. The molecule has 0 radical (unpaired) electrons. The van der Waals surface area contributed by atoms with Crippen LogP contribution in [0.25, 0.3) is 11.4 Å². The molecule has 1 heterocycles. The molecule has 0 bridgehead atoms. The van der Waals surface area contributed by atoms with Crippen molar-refractivity contribution >= 4 is 19.7 Å². The zero-order valence-corrected chi connectivity index (χ0v) is 11.5. The summed E-state index contributed by atoms with van der Waals surface area (Å²) in [4.78, 5) is 0. The summed E-state index contributed by atoms with van der Waals surface area (Å²) in [5.41, 5.74) is -0.143. The molecule has 3 rings (SSSR count). The van der Waals surface area contributed by atoms with Gasteiger partial charge in [-0.2, -0.15) is 0 Å². The summed E-state index contributed by atoms with van der Waals surface area (Å²) >= 11 is 0. The van der Waals surface area contributed by atoms with Gasteiger partial charge in [0.25, 0.3) is 14.2 Å². The van der Waals surface area contributed by atoms with Crippen LogP contribution < -0.4 is 0 Å². The summed E-state index contributed by atoms with van der Waals surface area (Å²) < 4.78 is 51.2. The second kappa shape index (κ2) is 4.49. The lowest BCUT2D eigenvalue weighted by atomic mass is 10.2. The maximum Gasteiger partial charge on any atom is 0.296 e. The molecule has 0 N–H and O–H groups in total. The summed E-state index contributed by atoms with van der Waals surface area (Å²) in [5.74, 6) is -1.40. The van der Waals surface area contributed by atoms with Crippen LogP contribution in [0.1, 0.15) is 18.9 Å². The summed E-state index contributed by atoms with van der Waals surface area (Å²) in [6, 6.07) is 2.70. The van der Waals surface area contributed by atoms with Gasteiger partial charge in [0.05, 0.1) is 5.56 Å². The van der Waals surface area contributed by atoms with Crippen molar-refractivity contribution in [2.75, 3.05) is 0 Å². The minimum absolute atomic E-state index is 0.0382. The minimum Gasteiger partial charge on any atom is -0.294 e. The van der Waals surface area contributed by atoms with Crippen LogP contribution in [-0.4, -0.2) is 23.2 Å². The Hall–Kier alpha value is -1.54. The average Bonchev–Trinajstić information content (AvgIpc) is 3.09. The lowest BCUT2D eigenvalue weighted by Crippen LogP contribution is -2.06. The number of halogens is 3. The van der Waals surface area contributed by atoms with Crippen molar-refractivity contribution in [3.05, 3.63) is 29.8 Å². The molecular weight excluding hydrogens is 312 g/mol. The van der Waals surface area contributed by atoms with E-state index in [1.807, 2.05) is 0 Å². The van der Waals surface area contributed by atoms with Gasteiger partial charge in [0.1, 0.15) is 11.6 Å². The van der Waals surface area contributed by atoms with Crippen LogP contribution in [0.5, 0.6) is 0 Å². The average molecular weight is 320 g/mol. The number of hydrogen-bond donors (Lipinski definition) is 0. The van der Waals surface area contributed by atoms with Crippen LogP contribution in [0, 0.1) is 11.6 Å². The first-order valence-corrected chi connectivity index (χ1v) is 8.04. The number of rotatable bonds is 3. The number of aromatic nitrogens is 3. The lowest BCUT2D eigenvalue weighted by Gasteiger charge is -2.08. The molecule has 1 aromatic heterocycles. The topological polar surface area (TPSA) is 64.8 Å². The van der Waals surface area contributed by atoms with Crippen LogP contribution >= 0.6 is 10.7 Å². The van der Waals surface area contributed by atoms with E-state index in [1.54, 1.807) is 0 Å². The summed E-state index contributed by atoms with van der Waals surface area (Å²) in [6.07, 6.45) is 1.42. The van der Waals surface area contributed by atoms with Crippen molar-refractivity contribution in [1.82, 2.24) is 14.8 Å². The van der Waals surface area contributed by atoms with E-state index in [4.69, 9.17) is 10.7 Å². The molecule has 0 unspecified atom stereocenters. The molecule has 1 aliphatic rings. The number of nitrogens with zero attached hydrogens (tertiary/aromatic N) is 3. The van der Waals surface area contributed by atoms with Gasteiger partial charge in [0.2, 0.25) is 0 Å². The molecule has 20 heavy (non-hydrogen) atoms. The van der Waals surface area contributed by atoms with E-state index in [0.717, 1.165) is 18.2 Å². The molecule has 5 nitrogen and oxygen atoms in total. The highest BCUT2D eigenvalue weighted by atomic mass is 35.7. The Morgan fingerprint density at radius 2 is 1.95 bits per heavy atom. The summed E-state index contributed by atoms with van der Waals surface area (Å²) in [6.45, 7) is 0. The fourth-order valence-electron chi connectivity index (χ4n) is 1.96. The third-order valence-corrected chi connectivity index (χ3v) is 4.09. The van der Waals surface area contributed by atoms with Crippen molar-refractivity contribution in [2.45, 2.75) is 24.0 Å². The zero-order valence-electron chi connectivity index (χ0n) is 9.92. The van der Waals surface area contributed by atoms with Crippen molar-refractivity contribution in [3.63, 3.8) is 0 Å². The second-order valence-corrected chi connectivity index (χ2v) is 6.93. The van der Waals surface area contributed by atoms with Crippen molar-refractivity contribution in [3.8, 4) is 11.4 Å². The Kier molecular flexibility index (Phi) is 3.02. The molecule has 1 saturated carbocycles. The van der Waals surface area contributed by atoms with Gasteiger partial charge >= 0.3 is 0 Å². The highest BCUT2D eigenvalue weighted by molar-refractivity contribution is 8.13. The zero-order chi connectivity index (χ0) is 14.5. The van der Waals surface area contributed by atoms with E-state index in [2.05, 4.69) is 10.2 Å². The molecule has 1 aliphatic carbocycles. The van der Waals surface area contributed by atoms with E-state index in [1.165, 1.54) is 4.57 Å². The fraction of sp³-hybridized carbons (Fsp3) is 0.273. The minimum atomic E-state index is -4.10. The van der Waals surface area contributed by atoms with Gasteiger partial charge < -0.3 is 0 Å². The second-order valence-electron chi connectivity index (χ2n) is 4.47. The van der Waals surface area contributed by atoms with Crippen molar-refractivity contribution < 1.29 is 17.2 Å². The predicted octanol–water partition coefficient (Wildman–Crippen LogP) is 2.49. The Labute approximate surface area is 117 Å². The largest absolute Gasteiger partial charge is 0.296 e. The summed E-state index contributed by atoms with van der Waals surface area (Å²) in [7, 11) is 1.19. The number of benzene rings is 1. The van der Waals surface area contributed by atoms with Gasteiger partial charge in [-0.1, -0.05) is 0 Å². The van der Waals surface area contributed by atoms with Crippen LogP contribution in [-0.2, 0) is 9.05 Å². The van der Waals surface area contributed by atoms with Crippen molar-refractivity contribution in [2.24, 2.45) is 0 Å². The smallest absolute Gasteiger partial charge is 0.294 e. The van der Waals surface area contributed by atoms with Crippen LogP contribution in [0.2, 0.25) is 0 Å². The van der Waals surface area contributed by atoms with Crippen LogP contribution in [0.4, 0.5) is 8.78 Å². The third-order valence-electron chi connectivity index (χ3n) is 2.96. The first-order valence-electron chi connectivity index (χ1n) is 5.73. The highest BCUT2D eigenvalue weighted by Crippen LogP contribution is 2.40. The van der Waals surface area contributed by atoms with Gasteiger partial charge in [-0.05, 0) is 31.0 Å². The van der Waals surface area contributed by atoms with E-state index in [9.17, 15) is 17.2 Å². The van der Waals surface area contributed by atoms with E-state index < -0.39 is 25.8 Å². The highest BCUT2D eigenvalue weighted by Gasteiger charge is 2.34. The summed E-state index contributed by atoms with van der Waals surface area (Å²) in [5, 5.41) is 6.71. The Bertz CT molecular complexity index is 787. The molecule has 0 amide bonds. The Morgan fingerprint density at radius 1 is 1.25 bits per heavy atom. The Balaban J connectivity index is 2.25. The van der Waals surface area contributed by atoms with E-state index >= 15 is 0 Å². The Morgan fingerprint density at radius 3 is 2.55 bits per heavy atom. The molecule has 2 aromatic rings. The first kappa shape index (κ1) is 13.4. The van der Waals surface area contributed by atoms with E-state index in [0.29, 0.717) is 12.8 Å². The molecule has 0 atom stereocenters. The molecule has 0 spiro atoms. The SMILES string of the molecule is O=S(=O)(Cl)c1nnc(-c2cc(F)ccc2F)n1C1CC1. The molecule has 1 aromatic carbocycles. The monoisotopic (exact) mass is 319 g/mol. The first-order chi connectivity index (χ1) is 9.38. The van der Waals surface area contributed by atoms with Gasteiger partial charge in [-0.25, -0.2) is 17.2 Å². The van der Waals surface area contributed by atoms with Gasteiger partial charge in [-0.15, -0.1) is 10.2 Å². The molecule has 1 fully saturated rings. The number of hydrogen-bond acceptors (Lipinski definition) is 4. The third kappa shape index (κ3) is 2.29. The predicted molar refractivity (Wildman–Crippen MR) is 66.7 cm³/mol. The molecule has 0 saturated heterocycles. The van der Waals surface area contributed by atoms with Gasteiger partial charge in [0, 0.05) is 16.7 Å². The fourth-order valence-corrected chi connectivity index (χ4v) is 2.88.